The Balaban J connectivity index is 1.40. The Bertz CT molecular complexity index is 1190. The lowest BCUT2D eigenvalue weighted by molar-refractivity contribution is -0.125. The third kappa shape index (κ3) is 5.86. The fraction of sp³-hybridized carbons (Fsp3) is 0.370. The molecule has 1 amide bonds. The van der Waals surface area contributed by atoms with Crippen molar-refractivity contribution in [2.45, 2.75) is 45.6 Å². The first-order valence-corrected chi connectivity index (χ1v) is 12.2. The topological polar surface area (TPSA) is 67.2 Å². The maximum absolute atomic E-state index is 13.0. The Morgan fingerprint density at radius 1 is 1.18 bits per heavy atom. The van der Waals surface area contributed by atoms with Gasteiger partial charge >= 0.3 is 0 Å². The van der Waals surface area contributed by atoms with Gasteiger partial charge in [0.05, 0.1) is 11.6 Å². The zero-order valence-electron chi connectivity index (χ0n) is 19.7. The highest BCUT2D eigenvalue weighted by Gasteiger charge is 2.27. The van der Waals surface area contributed by atoms with Crippen LogP contribution < -0.4 is 15.8 Å². The zero-order valence-corrected chi connectivity index (χ0v) is 20.5. The van der Waals surface area contributed by atoms with E-state index in [0.717, 1.165) is 37.8 Å². The molecule has 7 heteroatoms. The van der Waals surface area contributed by atoms with Crippen molar-refractivity contribution in [3.8, 4) is 5.69 Å². The Hall–Kier alpha value is -3.12. The third-order valence-corrected chi connectivity index (χ3v) is 6.81. The van der Waals surface area contributed by atoms with E-state index in [1.165, 1.54) is 16.3 Å². The highest BCUT2D eigenvalue weighted by Crippen LogP contribution is 2.23. The number of nitrogens with zero attached hydrogens (tertiary/aromatic N) is 3. The number of piperidine rings is 1. The molecule has 1 aromatic heterocycles. The molecule has 1 saturated heterocycles. The normalized spacial score (nSPS) is 16.8. The average Bonchev–Trinajstić information content (AvgIpc) is 2.85. The van der Waals surface area contributed by atoms with Gasteiger partial charge in [0.15, 0.2) is 0 Å². The summed E-state index contributed by atoms with van der Waals surface area (Å²) in [5.41, 5.74) is 2.63. The molecule has 1 aliphatic heterocycles. The van der Waals surface area contributed by atoms with Crippen molar-refractivity contribution in [2.24, 2.45) is 5.92 Å². The Kier molecular flexibility index (Phi) is 7.68. The minimum atomic E-state index is -0.220. The fourth-order valence-electron chi connectivity index (χ4n) is 4.33. The van der Waals surface area contributed by atoms with E-state index in [4.69, 9.17) is 11.6 Å². The fourth-order valence-corrected chi connectivity index (χ4v) is 4.50. The predicted molar refractivity (Wildman–Crippen MR) is 137 cm³/mol. The summed E-state index contributed by atoms with van der Waals surface area (Å²) in [6, 6.07) is 19.1. The SMILES string of the molecule is Cc1ccc(-n2nc(N3CCC[C@H](C(=O)N[C@H](C)CCc4ccccc4)C3)ccc2=O)cc1Cl. The van der Waals surface area contributed by atoms with Crippen LogP contribution in [0.15, 0.2) is 65.5 Å². The number of hydrogen-bond acceptors (Lipinski definition) is 4. The van der Waals surface area contributed by atoms with Gasteiger partial charge in [-0.3, -0.25) is 9.59 Å². The van der Waals surface area contributed by atoms with Gasteiger partial charge in [0, 0.05) is 30.2 Å². The summed E-state index contributed by atoms with van der Waals surface area (Å²) >= 11 is 6.26. The quantitative estimate of drug-likeness (QED) is 0.541. The Morgan fingerprint density at radius 2 is 1.97 bits per heavy atom. The zero-order chi connectivity index (χ0) is 24.1. The van der Waals surface area contributed by atoms with Gasteiger partial charge in [-0.15, -0.1) is 5.10 Å². The molecule has 34 heavy (non-hydrogen) atoms. The molecule has 0 radical (unpaired) electrons. The van der Waals surface area contributed by atoms with E-state index in [9.17, 15) is 9.59 Å². The Labute approximate surface area is 205 Å². The maximum Gasteiger partial charge on any atom is 0.271 e. The molecule has 0 bridgehead atoms. The Morgan fingerprint density at radius 3 is 2.74 bits per heavy atom. The first-order chi connectivity index (χ1) is 16.4. The molecule has 2 atom stereocenters. The molecule has 4 rings (SSSR count). The number of carbonyl (C=O) groups is 1. The van der Waals surface area contributed by atoms with Gasteiger partial charge in [0.1, 0.15) is 5.82 Å². The second kappa shape index (κ2) is 10.9. The molecular formula is C27H31ClN4O2. The van der Waals surface area contributed by atoms with E-state index in [2.05, 4.69) is 34.4 Å². The minimum absolute atomic E-state index is 0.0869. The van der Waals surface area contributed by atoms with E-state index >= 15 is 0 Å². The lowest BCUT2D eigenvalue weighted by Gasteiger charge is -2.33. The van der Waals surface area contributed by atoms with Crippen molar-refractivity contribution in [3.63, 3.8) is 0 Å². The minimum Gasteiger partial charge on any atom is -0.354 e. The highest BCUT2D eigenvalue weighted by molar-refractivity contribution is 6.31. The van der Waals surface area contributed by atoms with Crippen LogP contribution >= 0.6 is 11.6 Å². The van der Waals surface area contributed by atoms with Crippen LogP contribution in [0, 0.1) is 12.8 Å². The van der Waals surface area contributed by atoms with Crippen molar-refractivity contribution in [3.05, 3.63) is 87.2 Å². The monoisotopic (exact) mass is 478 g/mol. The van der Waals surface area contributed by atoms with Crippen molar-refractivity contribution in [1.29, 1.82) is 0 Å². The number of nitrogens with one attached hydrogen (secondary N) is 1. The lowest BCUT2D eigenvalue weighted by Crippen LogP contribution is -2.46. The lowest BCUT2D eigenvalue weighted by atomic mass is 9.96. The van der Waals surface area contributed by atoms with Crippen LogP contribution in [0.25, 0.3) is 5.69 Å². The van der Waals surface area contributed by atoms with Crippen LogP contribution in [-0.4, -0.2) is 34.8 Å². The molecule has 3 aromatic rings. The summed E-state index contributed by atoms with van der Waals surface area (Å²) in [7, 11) is 0. The van der Waals surface area contributed by atoms with E-state index < -0.39 is 0 Å². The largest absolute Gasteiger partial charge is 0.354 e. The summed E-state index contributed by atoms with van der Waals surface area (Å²) in [5.74, 6) is 0.666. The standard InChI is InChI=1S/C27H31ClN4O2/c1-19-10-13-23(17-24(19)28)32-26(33)15-14-25(30-32)31-16-6-9-22(18-31)27(34)29-20(2)11-12-21-7-4-3-5-8-21/h3-5,7-8,10,13-15,17,20,22H,6,9,11-12,16,18H2,1-2H3,(H,29,34)/t20-,22+/m1/s1. The summed E-state index contributed by atoms with van der Waals surface area (Å²) in [6.07, 6.45) is 3.58. The molecule has 1 aliphatic rings. The van der Waals surface area contributed by atoms with Crippen molar-refractivity contribution in [1.82, 2.24) is 15.1 Å². The van der Waals surface area contributed by atoms with Gasteiger partial charge in [0.2, 0.25) is 5.91 Å². The molecule has 2 heterocycles. The van der Waals surface area contributed by atoms with Gasteiger partial charge in [-0.05, 0) is 68.9 Å². The van der Waals surface area contributed by atoms with Crippen LogP contribution in [-0.2, 0) is 11.2 Å². The van der Waals surface area contributed by atoms with Gasteiger partial charge < -0.3 is 10.2 Å². The molecule has 1 N–H and O–H groups in total. The number of anilines is 1. The van der Waals surface area contributed by atoms with Gasteiger partial charge in [-0.1, -0.05) is 48.0 Å². The number of rotatable bonds is 7. The number of carbonyl (C=O) groups excluding carboxylic acids is 1. The van der Waals surface area contributed by atoms with E-state index in [-0.39, 0.29) is 23.4 Å². The van der Waals surface area contributed by atoms with Gasteiger partial charge in [0.25, 0.3) is 5.56 Å². The van der Waals surface area contributed by atoms with Crippen molar-refractivity contribution >= 4 is 23.3 Å². The molecule has 0 spiro atoms. The second-order valence-corrected chi connectivity index (χ2v) is 9.50. The molecule has 1 fully saturated rings. The highest BCUT2D eigenvalue weighted by atomic mass is 35.5. The molecule has 0 unspecified atom stereocenters. The summed E-state index contributed by atoms with van der Waals surface area (Å²) in [5, 5.41) is 8.38. The number of benzene rings is 2. The molecule has 0 saturated carbocycles. The maximum atomic E-state index is 13.0. The number of aryl methyl sites for hydroxylation is 2. The van der Waals surface area contributed by atoms with Crippen molar-refractivity contribution in [2.75, 3.05) is 18.0 Å². The molecule has 178 valence electrons. The van der Waals surface area contributed by atoms with Crippen LogP contribution in [0.5, 0.6) is 0 Å². The predicted octanol–water partition coefficient (Wildman–Crippen LogP) is 4.55. The van der Waals surface area contributed by atoms with Crippen LogP contribution in [0.1, 0.15) is 37.3 Å². The molecular weight excluding hydrogens is 448 g/mol. The van der Waals surface area contributed by atoms with Crippen LogP contribution in [0.3, 0.4) is 0 Å². The van der Waals surface area contributed by atoms with Gasteiger partial charge in [-0.25, -0.2) is 0 Å². The molecule has 2 aromatic carbocycles. The van der Waals surface area contributed by atoms with Gasteiger partial charge in [-0.2, -0.15) is 4.68 Å². The summed E-state index contributed by atoms with van der Waals surface area (Å²) in [4.78, 5) is 27.6. The van der Waals surface area contributed by atoms with Crippen molar-refractivity contribution < 1.29 is 4.79 Å². The first-order valence-electron chi connectivity index (χ1n) is 11.9. The number of halogens is 1. The van der Waals surface area contributed by atoms with Crippen LogP contribution in [0.2, 0.25) is 5.02 Å². The summed E-state index contributed by atoms with van der Waals surface area (Å²) < 4.78 is 1.37. The molecule has 6 nitrogen and oxygen atoms in total. The number of aromatic nitrogens is 2. The second-order valence-electron chi connectivity index (χ2n) is 9.09. The van der Waals surface area contributed by atoms with E-state index in [1.54, 1.807) is 12.1 Å². The van der Waals surface area contributed by atoms with E-state index in [0.29, 0.717) is 23.1 Å². The van der Waals surface area contributed by atoms with Crippen LogP contribution in [0.4, 0.5) is 5.82 Å². The first kappa shape index (κ1) is 24.0. The number of hydrogen-bond donors (Lipinski definition) is 1. The average molecular weight is 479 g/mol. The summed E-state index contributed by atoms with van der Waals surface area (Å²) in [6.45, 7) is 5.36. The van der Waals surface area contributed by atoms with E-state index in [1.807, 2.05) is 37.3 Å². The smallest absolute Gasteiger partial charge is 0.271 e. The number of amides is 1. The third-order valence-electron chi connectivity index (χ3n) is 6.40. The molecule has 0 aliphatic carbocycles.